The molecule has 1 aliphatic heterocycles. The maximum atomic E-state index is 15.7. The molecule has 1 aromatic heterocycles. The smallest absolute Gasteiger partial charge is 0.404 e. The molecule has 1 saturated heterocycles. The van der Waals surface area contributed by atoms with Crippen LogP contribution in [0.4, 0.5) is 13.6 Å². The highest BCUT2D eigenvalue weighted by Gasteiger charge is 2.23. The third-order valence-corrected chi connectivity index (χ3v) is 6.96. The molecule has 0 bridgehead atoms. The second-order valence-corrected chi connectivity index (χ2v) is 9.52. The van der Waals surface area contributed by atoms with Crippen LogP contribution < -0.4 is 10.5 Å². The van der Waals surface area contributed by atoms with Gasteiger partial charge >= 0.3 is 6.09 Å². The van der Waals surface area contributed by atoms with Crippen LogP contribution in [0.3, 0.4) is 0 Å². The minimum absolute atomic E-state index is 0.0271. The number of primary amides is 1. The molecule has 1 amide bonds. The zero-order valence-electron chi connectivity index (χ0n) is 22.2. The zero-order chi connectivity index (χ0) is 28.1. The fraction of sp³-hybridized carbons (Fsp3) is 0.290. The summed E-state index contributed by atoms with van der Waals surface area (Å²) >= 11 is 0. The average molecular weight is 548 g/mol. The van der Waals surface area contributed by atoms with Crippen molar-refractivity contribution in [3.8, 4) is 5.75 Å². The van der Waals surface area contributed by atoms with E-state index in [4.69, 9.17) is 15.2 Å². The molecule has 0 aliphatic carbocycles. The Morgan fingerprint density at radius 1 is 1.05 bits per heavy atom. The SMILES string of the molecule is CCC(=C(c1ccc2c(c1)c(F)nn2C1CCCCO1)c1ccc(OCCOC(N)=O)cc1F)c1ccccc1. The van der Waals surface area contributed by atoms with Crippen LogP contribution in [0.15, 0.2) is 66.7 Å². The first-order chi connectivity index (χ1) is 19.5. The van der Waals surface area contributed by atoms with E-state index in [2.05, 4.69) is 9.84 Å². The molecule has 0 spiro atoms. The minimum Gasteiger partial charge on any atom is -0.490 e. The third-order valence-electron chi connectivity index (χ3n) is 6.96. The number of carbonyl (C=O) groups excluding carboxylic acids is 1. The van der Waals surface area contributed by atoms with Gasteiger partial charge < -0.3 is 19.9 Å². The largest absolute Gasteiger partial charge is 0.490 e. The van der Waals surface area contributed by atoms with Gasteiger partial charge in [0.1, 0.15) is 24.8 Å². The van der Waals surface area contributed by atoms with E-state index >= 15 is 8.78 Å². The second-order valence-electron chi connectivity index (χ2n) is 9.52. The van der Waals surface area contributed by atoms with Crippen molar-refractivity contribution >= 4 is 28.1 Å². The van der Waals surface area contributed by atoms with Crippen LogP contribution in [-0.4, -0.2) is 35.7 Å². The molecule has 7 nitrogen and oxygen atoms in total. The third kappa shape index (κ3) is 5.84. The van der Waals surface area contributed by atoms with Crippen LogP contribution in [-0.2, 0) is 9.47 Å². The summed E-state index contributed by atoms with van der Waals surface area (Å²) in [5.41, 5.74) is 9.11. The van der Waals surface area contributed by atoms with Crippen molar-refractivity contribution in [2.24, 2.45) is 5.73 Å². The standard InChI is InChI=1S/C31H31F2N3O4/c1-2-23(20-8-4-3-5-9-20)29(24-13-12-22(19-26(24)32)38-16-17-40-31(34)37)21-11-14-27-25(18-21)30(33)35-36(27)28-10-6-7-15-39-28/h3-5,8-9,11-14,18-19,28H,2,6-7,10,15-17H2,1H3,(H2,34,37). The van der Waals surface area contributed by atoms with Gasteiger partial charge in [0.15, 0.2) is 6.23 Å². The number of benzene rings is 3. The monoisotopic (exact) mass is 547 g/mol. The highest BCUT2D eigenvalue weighted by molar-refractivity contribution is 6.00. The Morgan fingerprint density at radius 3 is 2.58 bits per heavy atom. The minimum atomic E-state index is -0.905. The van der Waals surface area contributed by atoms with Gasteiger partial charge in [-0.05, 0) is 72.2 Å². The summed E-state index contributed by atoms with van der Waals surface area (Å²) in [6.45, 7) is 2.60. The van der Waals surface area contributed by atoms with Gasteiger partial charge in [0.2, 0.25) is 5.95 Å². The quantitative estimate of drug-likeness (QED) is 0.183. The topological polar surface area (TPSA) is 88.6 Å². The molecule has 2 N–H and O–H groups in total. The van der Waals surface area contributed by atoms with E-state index in [-0.39, 0.29) is 25.2 Å². The number of nitrogens with two attached hydrogens (primary N) is 1. The molecule has 208 valence electrons. The number of hydrogen-bond donors (Lipinski definition) is 1. The van der Waals surface area contributed by atoms with Crippen molar-refractivity contribution in [2.75, 3.05) is 19.8 Å². The second kappa shape index (κ2) is 12.3. The number of ether oxygens (including phenoxy) is 3. The first-order valence-corrected chi connectivity index (χ1v) is 13.4. The number of amides is 1. The summed E-state index contributed by atoms with van der Waals surface area (Å²) < 4.78 is 48.6. The molecule has 40 heavy (non-hydrogen) atoms. The van der Waals surface area contributed by atoms with Crippen molar-refractivity contribution in [3.05, 3.63) is 95.2 Å². The van der Waals surface area contributed by atoms with E-state index in [9.17, 15) is 4.79 Å². The van der Waals surface area contributed by atoms with E-state index in [1.807, 2.05) is 49.4 Å². The molecule has 1 atom stereocenters. The lowest BCUT2D eigenvalue weighted by atomic mass is 9.87. The van der Waals surface area contributed by atoms with Gasteiger partial charge in [-0.15, -0.1) is 5.10 Å². The Morgan fingerprint density at radius 2 is 1.88 bits per heavy atom. The summed E-state index contributed by atoms with van der Waals surface area (Å²) in [5.74, 6) is -0.815. The fourth-order valence-electron chi connectivity index (χ4n) is 5.14. The molecule has 1 aliphatic rings. The van der Waals surface area contributed by atoms with Gasteiger partial charge in [-0.25, -0.2) is 13.9 Å². The van der Waals surface area contributed by atoms with Crippen LogP contribution in [0.1, 0.15) is 55.5 Å². The van der Waals surface area contributed by atoms with Crippen molar-refractivity contribution in [3.63, 3.8) is 0 Å². The molecule has 1 fully saturated rings. The number of allylic oxidation sites excluding steroid dienone is 1. The van der Waals surface area contributed by atoms with Crippen molar-refractivity contribution < 1.29 is 27.8 Å². The molecule has 0 saturated carbocycles. The maximum absolute atomic E-state index is 15.7. The molecule has 5 rings (SSSR count). The Balaban J connectivity index is 1.59. The van der Waals surface area contributed by atoms with Crippen molar-refractivity contribution in [1.82, 2.24) is 9.78 Å². The Hall–Kier alpha value is -4.24. The number of rotatable bonds is 9. The summed E-state index contributed by atoms with van der Waals surface area (Å²) in [5, 5.41) is 4.51. The van der Waals surface area contributed by atoms with Gasteiger partial charge in [0, 0.05) is 18.2 Å². The average Bonchev–Trinajstić information content (AvgIpc) is 3.31. The van der Waals surface area contributed by atoms with Gasteiger partial charge in [0.25, 0.3) is 0 Å². The molecule has 4 aromatic rings. The Labute approximate surface area is 231 Å². The zero-order valence-corrected chi connectivity index (χ0v) is 22.2. The molecular weight excluding hydrogens is 516 g/mol. The lowest BCUT2D eigenvalue weighted by Crippen LogP contribution is -2.19. The number of halogens is 2. The normalized spacial score (nSPS) is 16.0. The van der Waals surface area contributed by atoms with Crippen LogP contribution in [0, 0.1) is 11.8 Å². The van der Waals surface area contributed by atoms with E-state index in [0.717, 1.165) is 30.4 Å². The van der Waals surface area contributed by atoms with E-state index in [1.165, 1.54) is 6.07 Å². The predicted octanol–water partition coefficient (Wildman–Crippen LogP) is 6.86. The highest BCUT2D eigenvalue weighted by atomic mass is 19.1. The lowest BCUT2D eigenvalue weighted by Gasteiger charge is -2.23. The first kappa shape index (κ1) is 27.3. The van der Waals surface area contributed by atoms with Gasteiger partial charge in [-0.1, -0.05) is 43.3 Å². The lowest BCUT2D eigenvalue weighted by molar-refractivity contribution is -0.0375. The summed E-state index contributed by atoms with van der Waals surface area (Å²) in [4.78, 5) is 10.8. The molecular formula is C31H31F2N3O4. The van der Waals surface area contributed by atoms with Gasteiger partial charge in [-0.2, -0.15) is 4.39 Å². The van der Waals surface area contributed by atoms with Crippen LogP contribution in [0.2, 0.25) is 0 Å². The van der Waals surface area contributed by atoms with Crippen molar-refractivity contribution in [1.29, 1.82) is 0 Å². The Kier molecular flexibility index (Phi) is 8.40. The predicted molar refractivity (Wildman–Crippen MR) is 149 cm³/mol. The first-order valence-electron chi connectivity index (χ1n) is 13.4. The molecule has 0 radical (unpaired) electrons. The molecule has 1 unspecified atom stereocenters. The summed E-state index contributed by atoms with van der Waals surface area (Å²) in [6, 6.07) is 19.8. The maximum Gasteiger partial charge on any atom is 0.404 e. The van der Waals surface area contributed by atoms with E-state index in [1.54, 1.807) is 22.9 Å². The number of hydrogen-bond acceptors (Lipinski definition) is 5. The highest BCUT2D eigenvalue weighted by Crippen LogP contribution is 2.38. The number of nitrogens with zero attached hydrogens (tertiary/aromatic N) is 2. The molecule has 2 heterocycles. The van der Waals surface area contributed by atoms with Gasteiger partial charge in [0.05, 0.1) is 10.9 Å². The van der Waals surface area contributed by atoms with Crippen LogP contribution >= 0.6 is 0 Å². The van der Waals surface area contributed by atoms with Crippen LogP contribution in [0.5, 0.6) is 5.75 Å². The molecule has 3 aromatic carbocycles. The van der Waals surface area contributed by atoms with E-state index in [0.29, 0.717) is 40.6 Å². The fourth-order valence-corrected chi connectivity index (χ4v) is 5.14. The van der Waals surface area contributed by atoms with Gasteiger partial charge in [-0.3, -0.25) is 0 Å². The number of fused-ring (bicyclic) bond motifs is 1. The number of carbonyl (C=O) groups is 1. The van der Waals surface area contributed by atoms with E-state index < -0.39 is 17.9 Å². The van der Waals surface area contributed by atoms with Crippen molar-refractivity contribution in [2.45, 2.75) is 38.8 Å². The molecule has 9 heteroatoms. The number of aromatic nitrogens is 2. The summed E-state index contributed by atoms with van der Waals surface area (Å²) in [7, 11) is 0. The summed E-state index contributed by atoms with van der Waals surface area (Å²) in [6.07, 6.45) is 2.13. The van der Waals surface area contributed by atoms with Crippen LogP contribution in [0.25, 0.3) is 22.0 Å². The Bertz CT molecular complexity index is 1530.